The van der Waals surface area contributed by atoms with Gasteiger partial charge in [-0.3, -0.25) is 4.79 Å². The summed E-state index contributed by atoms with van der Waals surface area (Å²) < 4.78 is 12.5. The predicted molar refractivity (Wildman–Crippen MR) is 140 cm³/mol. The summed E-state index contributed by atoms with van der Waals surface area (Å²) >= 11 is 2.21. The number of amides is 1. The van der Waals surface area contributed by atoms with Crippen molar-refractivity contribution in [3.63, 3.8) is 0 Å². The molecule has 1 amide bonds. The molecule has 0 saturated heterocycles. The number of hydrogen-bond donors (Lipinski definition) is 1. The Balaban J connectivity index is 1.45. The smallest absolute Gasteiger partial charge is 0.271 e. The molecule has 0 bridgehead atoms. The van der Waals surface area contributed by atoms with Gasteiger partial charge < -0.3 is 9.47 Å². The molecule has 0 aliphatic carbocycles. The van der Waals surface area contributed by atoms with Crippen LogP contribution in [-0.2, 0) is 6.61 Å². The van der Waals surface area contributed by atoms with Crippen molar-refractivity contribution < 1.29 is 14.3 Å². The average Bonchev–Trinajstić information content (AvgIpc) is 2.83. The molecule has 0 spiro atoms. The van der Waals surface area contributed by atoms with Crippen molar-refractivity contribution in [2.75, 3.05) is 7.11 Å². The van der Waals surface area contributed by atoms with Crippen LogP contribution in [0.3, 0.4) is 0 Å². The molecule has 0 fully saturated rings. The van der Waals surface area contributed by atoms with Crippen LogP contribution in [0.4, 0.5) is 0 Å². The lowest BCUT2D eigenvalue weighted by Crippen LogP contribution is -2.17. The van der Waals surface area contributed by atoms with Crippen LogP contribution < -0.4 is 14.9 Å². The first-order valence-electron chi connectivity index (χ1n) is 10.4. The summed E-state index contributed by atoms with van der Waals surface area (Å²) in [5, 5.41) is 6.22. The van der Waals surface area contributed by atoms with Crippen molar-refractivity contribution in [1.82, 2.24) is 5.43 Å². The lowest BCUT2D eigenvalue weighted by Gasteiger charge is -2.14. The van der Waals surface area contributed by atoms with E-state index in [9.17, 15) is 4.79 Å². The van der Waals surface area contributed by atoms with Crippen molar-refractivity contribution in [2.45, 2.75) is 13.5 Å². The molecular formula is C27H23IN2O3. The largest absolute Gasteiger partial charge is 0.493 e. The number of nitrogens with one attached hydrogen (secondary N) is 1. The number of carbonyl (C=O) groups is 1. The second-order valence-corrected chi connectivity index (χ2v) is 8.67. The molecule has 0 saturated carbocycles. The molecule has 0 radical (unpaired) electrons. The summed E-state index contributed by atoms with van der Waals surface area (Å²) in [6.07, 6.45) is 1.59. The van der Waals surface area contributed by atoms with E-state index in [0.29, 0.717) is 23.7 Å². The van der Waals surface area contributed by atoms with Gasteiger partial charge in [0.25, 0.3) is 5.91 Å². The monoisotopic (exact) mass is 550 g/mol. The Morgan fingerprint density at radius 3 is 2.55 bits per heavy atom. The molecule has 33 heavy (non-hydrogen) atoms. The Morgan fingerprint density at radius 2 is 1.76 bits per heavy atom. The number of benzene rings is 4. The van der Waals surface area contributed by atoms with E-state index in [1.807, 2.05) is 66.7 Å². The van der Waals surface area contributed by atoms with Gasteiger partial charge in [-0.1, -0.05) is 54.6 Å². The van der Waals surface area contributed by atoms with Gasteiger partial charge in [-0.15, -0.1) is 0 Å². The molecule has 6 heteroatoms. The molecule has 0 aliphatic heterocycles. The summed E-state index contributed by atoms with van der Waals surface area (Å²) in [4.78, 5) is 12.5. The first-order valence-corrected chi connectivity index (χ1v) is 11.5. The van der Waals surface area contributed by atoms with Crippen LogP contribution in [0.25, 0.3) is 10.8 Å². The van der Waals surface area contributed by atoms with Crippen molar-refractivity contribution in [2.24, 2.45) is 5.10 Å². The van der Waals surface area contributed by atoms with E-state index in [1.165, 1.54) is 5.56 Å². The molecule has 0 heterocycles. The number of carbonyl (C=O) groups excluding carboxylic acids is 1. The molecule has 0 unspecified atom stereocenters. The minimum Gasteiger partial charge on any atom is -0.493 e. The van der Waals surface area contributed by atoms with Crippen LogP contribution in [0.5, 0.6) is 11.5 Å². The molecule has 4 rings (SSSR count). The zero-order chi connectivity index (χ0) is 23.2. The predicted octanol–water partition coefficient (Wildman–Crippen LogP) is 6.10. The number of aryl methyl sites for hydroxylation is 1. The SMILES string of the molecule is COc1cc(/C=N\NC(=O)c2ccc3ccccc3c2)cc(I)c1OCc1ccccc1C. The van der Waals surface area contributed by atoms with Crippen molar-refractivity contribution in [1.29, 1.82) is 0 Å². The zero-order valence-corrected chi connectivity index (χ0v) is 20.5. The van der Waals surface area contributed by atoms with Crippen LogP contribution in [0.2, 0.25) is 0 Å². The standard InChI is InChI=1S/C27H23IN2O3/c1-18-7-3-4-10-23(18)17-33-26-24(28)13-19(14-25(26)32-2)16-29-30-27(31)22-12-11-20-8-5-6-9-21(20)15-22/h3-16H,17H2,1-2H3,(H,30,31)/b29-16-. The lowest BCUT2D eigenvalue weighted by atomic mass is 10.1. The Morgan fingerprint density at radius 1 is 1.00 bits per heavy atom. The third-order valence-corrected chi connectivity index (χ3v) is 6.08. The third kappa shape index (κ3) is 5.51. The average molecular weight is 550 g/mol. The molecule has 1 N–H and O–H groups in total. The number of halogens is 1. The molecule has 0 aliphatic rings. The van der Waals surface area contributed by atoms with Gasteiger partial charge >= 0.3 is 0 Å². The van der Waals surface area contributed by atoms with E-state index in [-0.39, 0.29) is 5.91 Å². The summed E-state index contributed by atoms with van der Waals surface area (Å²) in [6, 6.07) is 25.4. The Hall–Kier alpha value is -3.39. The summed E-state index contributed by atoms with van der Waals surface area (Å²) in [7, 11) is 1.61. The maximum absolute atomic E-state index is 12.5. The Bertz CT molecular complexity index is 1330. The third-order valence-electron chi connectivity index (χ3n) is 5.28. The molecule has 4 aromatic carbocycles. The molecule has 0 atom stereocenters. The van der Waals surface area contributed by atoms with Crippen LogP contribution in [0.15, 0.2) is 84.0 Å². The molecule has 5 nitrogen and oxygen atoms in total. The minimum absolute atomic E-state index is 0.267. The second kappa shape index (κ2) is 10.5. The molecular weight excluding hydrogens is 527 g/mol. The fourth-order valence-corrected chi connectivity index (χ4v) is 4.22. The number of fused-ring (bicyclic) bond motifs is 1. The molecule has 0 aromatic heterocycles. The highest BCUT2D eigenvalue weighted by atomic mass is 127. The fraction of sp³-hybridized carbons (Fsp3) is 0.111. The molecule has 166 valence electrons. The van der Waals surface area contributed by atoms with Gasteiger partial charge in [-0.05, 0) is 81.2 Å². The first kappa shape index (κ1) is 22.8. The van der Waals surface area contributed by atoms with E-state index in [0.717, 1.165) is 25.5 Å². The van der Waals surface area contributed by atoms with E-state index < -0.39 is 0 Å². The van der Waals surface area contributed by atoms with Crippen LogP contribution in [0, 0.1) is 10.5 Å². The fourth-order valence-electron chi connectivity index (χ4n) is 3.44. The van der Waals surface area contributed by atoms with E-state index in [2.05, 4.69) is 46.1 Å². The van der Waals surface area contributed by atoms with Crippen LogP contribution in [-0.4, -0.2) is 19.2 Å². The van der Waals surface area contributed by atoms with Gasteiger partial charge in [0.2, 0.25) is 0 Å². The van der Waals surface area contributed by atoms with Crippen molar-refractivity contribution in [3.8, 4) is 11.5 Å². The summed E-state index contributed by atoms with van der Waals surface area (Å²) in [6.45, 7) is 2.51. The van der Waals surface area contributed by atoms with Gasteiger partial charge in [0.1, 0.15) is 6.61 Å². The van der Waals surface area contributed by atoms with Crippen LogP contribution in [0.1, 0.15) is 27.0 Å². The Kier molecular flexibility index (Phi) is 7.24. The number of nitrogens with zero attached hydrogens (tertiary/aromatic N) is 1. The Labute approximate surface area is 206 Å². The highest BCUT2D eigenvalue weighted by Crippen LogP contribution is 2.34. The summed E-state index contributed by atoms with van der Waals surface area (Å²) in [5.74, 6) is 1.02. The van der Waals surface area contributed by atoms with E-state index in [1.54, 1.807) is 19.4 Å². The van der Waals surface area contributed by atoms with E-state index >= 15 is 0 Å². The maximum Gasteiger partial charge on any atom is 0.271 e. The highest BCUT2D eigenvalue weighted by Gasteiger charge is 2.12. The van der Waals surface area contributed by atoms with Gasteiger partial charge in [0, 0.05) is 5.56 Å². The van der Waals surface area contributed by atoms with Gasteiger partial charge in [-0.2, -0.15) is 5.10 Å². The number of hydrogen-bond acceptors (Lipinski definition) is 4. The first-order chi connectivity index (χ1) is 16.0. The van der Waals surface area contributed by atoms with Gasteiger partial charge in [0.15, 0.2) is 11.5 Å². The lowest BCUT2D eigenvalue weighted by molar-refractivity contribution is 0.0955. The topological polar surface area (TPSA) is 59.9 Å². The number of rotatable bonds is 7. The molecule has 4 aromatic rings. The second-order valence-electron chi connectivity index (χ2n) is 7.51. The van der Waals surface area contributed by atoms with Crippen LogP contribution >= 0.6 is 22.6 Å². The zero-order valence-electron chi connectivity index (χ0n) is 18.3. The minimum atomic E-state index is -0.267. The highest BCUT2D eigenvalue weighted by molar-refractivity contribution is 14.1. The normalized spacial score (nSPS) is 11.0. The van der Waals surface area contributed by atoms with Crippen molar-refractivity contribution >= 4 is 45.5 Å². The number of ether oxygens (including phenoxy) is 2. The number of methoxy groups -OCH3 is 1. The maximum atomic E-state index is 12.5. The van der Waals surface area contributed by atoms with Gasteiger partial charge in [-0.25, -0.2) is 5.43 Å². The summed E-state index contributed by atoms with van der Waals surface area (Å²) in [5.41, 5.74) is 6.24. The van der Waals surface area contributed by atoms with E-state index in [4.69, 9.17) is 9.47 Å². The van der Waals surface area contributed by atoms with Gasteiger partial charge in [0.05, 0.1) is 16.9 Å². The quantitative estimate of drug-likeness (QED) is 0.172. The number of hydrazone groups is 1. The van der Waals surface area contributed by atoms with Crippen molar-refractivity contribution in [3.05, 3.63) is 105 Å².